The quantitative estimate of drug-likeness (QED) is 0.712. The highest BCUT2D eigenvalue weighted by molar-refractivity contribution is 6.31. The predicted octanol–water partition coefficient (Wildman–Crippen LogP) is 3.80. The molecule has 0 bridgehead atoms. The van der Waals surface area contributed by atoms with E-state index in [-0.39, 0.29) is 17.7 Å². The van der Waals surface area contributed by atoms with Gasteiger partial charge in [0, 0.05) is 23.2 Å². The molecule has 2 aromatic heterocycles. The maximum absolute atomic E-state index is 12.7. The standard InChI is InChI=1S/C18H15ClN2O4/c19-13-5-2-1-4-12(13)17-11-21(7-9-24-17)18(22)14-10-16(25-20-14)15-6-3-8-23-15/h1-6,8,10,17H,7,9,11H2. The summed E-state index contributed by atoms with van der Waals surface area (Å²) in [5.41, 5.74) is 1.12. The molecule has 3 aromatic rings. The van der Waals surface area contributed by atoms with Crippen LogP contribution < -0.4 is 0 Å². The van der Waals surface area contributed by atoms with E-state index in [1.54, 1.807) is 23.1 Å². The summed E-state index contributed by atoms with van der Waals surface area (Å²) in [4.78, 5) is 14.4. The van der Waals surface area contributed by atoms with Crippen LogP contribution in [0.5, 0.6) is 0 Å². The number of halogens is 1. The van der Waals surface area contributed by atoms with Crippen LogP contribution in [0.25, 0.3) is 11.5 Å². The zero-order valence-corrected chi connectivity index (χ0v) is 14.0. The summed E-state index contributed by atoms with van der Waals surface area (Å²) >= 11 is 6.24. The lowest BCUT2D eigenvalue weighted by Crippen LogP contribution is -2.42. The molecule has 7 heteroatoms. The van der Waals surface area contributed by atoms with Crippen LogP contribution in [0.2, 0.25) is 5.02 Å². The molecular weight excluding hydrogens is 344 g/mol. The number of carbonyl (C=O) groups is 1. The highest BCUT2D eigenvalue weighted by atomic mass is 35.5. The van der Waals surface area contributed by atoms with Gasteiger partial charge in [-0.15, -0.1) is 0 Å². The second kappa shape index (κ2) is 6.74. The lowest BCUT2D eigenvalue weighted by atomic mass is 10.1. The minimum Gasteiger partial charge on any atom is -0.461 e. The van der Waals surface area contributed by atoms with E-state index in [1.807, 2.05) is 24.3 Å². The lowest BCUT2D eigenvalue weighted by molar-refractivity contribution is -0.0230. The number of carbonyl (C=O) groups excluding carboxylic acids is 1. The van der Waals surface area contributed by atoms with Gasteiger partial charge in [0.15, 0.2) is 11.5 Å². The number of aromatic nitrogens is 1. The van der Waals surface area contributed by atoms with Gasteiger partial charge >= 0.3 is 0 Å². The van der Waals surface area contributed by atoms with Crippen molar-refractivity contribution >= 4 is 17.5 Å². The summed E-state index contributed by atoms with van der Waals surface area (Å²) in [6, 6.07) is 12.6. The Bertz CT molecular complexity index is 875. The number of hydrogen-bond acceptors (Lipinski definition) is 5. The number of rotatable bonds is 3. The van der Waals surface area contributed by atoms with Gasteiger partial charge in [0.2, 0.25) is 5.76 Å². The van der Waals surface area contributed by atoms with E-state index in [9.17, 15) is 4.79 Å². The van der Waals surface area contributed by atoms with Gasteiger partial charge < -0.3 is 18.6 Å². The van der Waals surface area contributed by atoms with E-state index in [0.29, 0.717) is 36.2 Å². The van der Waals surface area contributed by atoms with Gasteiger partial charge in [-0.05, 0) is 18.2 Å². The largest absolute Gasteiger partial charge is 0.461 e. The van der Waals surface area contributed by atoms with Crippen molar-refractivity contribution in [2.24, 2.45) is 0 Å². The first-order valence-corrected chi connectivity index (χ1v) is 8.26. The molecule has 0 N–H and O–H groups in total. The molecule has 128 valence electrons. The molecule has 1 aliphatic heterocycles. The molecule has 1 unspecified atom stereocenters. The van der Waals surface area contributed by atoms with Crippen LogP contribution in [0.1, 0.15) is 22.2 Å². The third kappa shape index (κ3) is 3.18. The minimum absolute atomic E-state index is 0.207. The van der Waals surface area contributed by atoms with Gasteiger partial charge in [-0.2, -0.15) is 0 Å². The van der Waals surface area contributed by atoms with Crippen molar-refractivity contribution in [3.05, 3.63) is 65.0 Å². The zero-order chi connectivity index (χ0) is 17.2. The van der Waals surface area contributed by atoms with Crippen LogP contribution in [0, 0.1) is 0 Å². The Balaban J connectivity index is 1.51. The van der Waals surface area contributed by atoms with E-state index < -0.39 is 0 Å². The first kappa shape index (κ1) is 15.9. The van der Waals surface area contributed by atoms with E-state index in [4.69, 9.17) is 25.3 Å². The van der Waals surface area contributed by atoms with Gasteiger partial charge in [-0.25, -0.2) is 0 Å². The fourth-order valence-corrected chi connectivity index (χ4v) is 3.09. The summed E-state index contributed by atoms with van der Waals surface area (Å²) in [6.07, 6.45) is 1.28. The van der Waals surface area contributed by atoms with Crippen molar-refractivity contribution < 1.29 is 18.5 Å². The fraction of sp³-hybridized carbons (Fsp3) is 0.222. The number of benzene rings is 1. The third-order valence-corrected chi connectivity index (χ3v) is 4.44. The second-order valence-corrected chi connectivity index (χ2v) is 6.09. The molecule has 1 saturated heterocycles. The van der Waals surface area contributed by atoms with Crippen molar-refractivity contribution in [2.45, 2.75) is 6.10 Å². The van der Waals surface area contributed by atoms with E-state index in [2.05, 4.69) is 5.16 Å². The number of morpholine rings is 1. The SMILES string of the molecule is O=C(c1cc(-c2ccco2)on1)N1CCOC(c2ccccc2Cl)C1. The Morgan fingerprint density at radius 1 is 1.20 bits per heavy atom. The van der Waals surface area contributed by atoms with Crippen LogP contribution in [0.4, 0.5) is 0 Å². The van der Waals surface area contributed by atoms with Crippen molar-refractivity contribution in [3.63, 3.8) is 0 Å². The van der Waals surface area contributed by atoms with E-state index in [0.717, 1.165) is 5.56 Å². The molecule has 1 fully saturated rings. The summed E-state index contributed by atoms with van der Waals surface area (Å²) in [5, 5.41) is 4.50. The third-order valence-electron chi connectivity index (χ3n) is 4.10. The molecule has 0 aliphatic carbocycles. The topological polar surface area (TPSA) is 68.7 Å². The van der Waals surface area contributed by atoms with Crippen molar-refractivity contribution in [1.82, 2.24) is 10.1 Å². The molecule has 0 saturated carbocycles. The zero-order valence-electron chi connectivity index (χ0n) is 13.2. The summed E-state index contributed by atoms with van der Waals surface area (Å²) in [5.74, 6) is 0.744. The second-order valence-electron chi connectivity index (χ2n) is 5.69. The molecule has 4 rings (SSSR count). The number of ether oxygens (including phenoxy) is 1. The number of furan rings is 1. The molecule has 25 heavy (non-hydrogen) atoms. The maximum atomic E-state index is 12.7. The first-order valence-electron chi connectivity index (χ1n) is 7.88. The molecule has 6 nitrogen and oxygen atoms in total. The normalized spacial score (nSPS) is 17.6. The van der Waals surface area contributed by atoms with Crippen molar-refractivity contribution in [2.75, 3.05) is 19.7 Å². The predicted molar refractivity (Wildman–Crippen MR) is 90.3 cm³/mol. The molecule has 3 heterocycles. The highest BCUT2D eigenvalue weighted by Gasteiger charge is 2.29. The van der Waals surface area contributed by atoms with Crippen LogP contribution in [-0.2, 0) is 4.74 Å². The fourth-order valence-electron chi connectivity index (χ4n) is 2.83. The van der Waals surface area contributed by atoms with Crippen LogP contribution in [0.3, 0.4) is 0 Å². The molecule has 1 aromatic carbocycles. The van der Waals surface area contributed by atoms with Gasteiger partial charge in [0.25, 0.3) is 5.91 Å². The average Bonchev–Trinajstić information content (AvgIpc) is 3.33. The smallest absolute Gasteiger partial charge is 0.276 e. The summed E-state index contributed by atoms with van der Waals surface area (Å²) in [7, 11) is 0. The van der Waals surface area contributed by atoms with E-state index >= 15 is 0 Å². The van der Waals surface area contributed by atoms with Crippen LogP contribution in [0.15, 0.2) is 57.7 Å². The van der Waals surface area contributed by atoms with Crippen molar-refractivity contribution in [3.8, 4) is 11.5 Å². The minimum atomic E-state index is -0.261. The molecule has 1 aliphatic rings. The summed E-state index contributed by atoms with van der Waals surface area (Å²) < 4.78 is 16.2. The van der Waals surface area contributed by atoms with Gasteiger partial charge in [-0.1, -0.05) is 35.0 Å². The Kier molecular flexibility index (Phi) is 4.29. The summed E-state index contributed by atoms with van der Waals surface area (Å²) in [6.45, 7) is 1.33. The molecule has 0 spiro atoms. The Labute approximate surface area is 148 Å². The number of nitrogens with zero attached hydrogens (tertiary/aromatic N) is 2. The lowest BCUT2D eigenvalue weighted by Gasteiger charge is -2.33. The first-order chi connectivity index (χ1) is 12.2. The van der Waals surface area contributed by atoms with Crippen molar-refractivity contribution in [1.29, 1.82) is 0 Å². The van der Waals surface area contributed by atoms with E-state index in [1.165, 1.54) is 6.26 Å². The van der Waals surface area contributed by atoms with Crippen LogP contribution in [-0.4, -0.2) is 35.7 Å². The van der Waals surface area contributed by atoms with Gasteiger partial charge in [0.1, 0.15) is 6.10 Å². The van der Waals surface area contributed by atoms with Gasteiger partial charge in [0.05, 0.1) is 19.4 Å². The van der Waals surface area contributed by atoms with Crippen LogP contribution >= 0.6 is 11.6 Å². The number of amides is 1. The Morgan fingerprint density at radius 2 is 2.08 bits per heavy atom. The average molecular weight is 359 g/mol. The monoisotopic (exact) mass is 358 g/mol. The highest BCUT2D eigenvalue weighted by Crippen LogP contribution is 2.29. The molecule has 1 amide bonds. The molecular formula is C18H15ClN2O4. The van der Waals surface area contributed by atoms with Gasteiger partial charge in [-0.3, -0.25) is 4.79 Å². The number of hydrogen-bond donors (Lipinski definition) is 0. The molecule has 0 radical (unpaired) electrons. The Hall–Kier alpha value is -2.57. The molecule has 1 atom stereocenters. The Morgan fingerprint density at radius 3 is 2.88 bits per heavy atom. The maximum Gasteiger partial charge on any atom is 0.276 e.